The highest BCUT2D eigenvalue weighted by Gasteiger charge is 2.68. The monoisotopic (exact) mass is 549 g/mol. The standard InChI is InChI=1S/C30H47NO8/c1-16-24(33)25(34)26(35)27(39-16)31(37-4)19-7-10-28(2)18(14-19)5-6-22-21(28)8-11-29(3)20(9-12-30(22,29)36)17-13-23(32)38-15-17/h13,16,18-22,24-27,33-36H,5-12,14-15H2,1-4H3/t16-,18?,19-,20+,21?,22?,24+,25+,26-,27?,28-,29+,30-/m0/s1. The number of hydrogen-bond acceptors (Lipinski definition) is 9. The molecule has 2 aliphatic heterocycles. The van der Waals surface area contributed by atoms with Gasteiger partial charge in [-0.05, 0) is 99.4 Å². The summed E-state index contributed by atoms with van der Waals surface area (Å²) in [7, 11) is 1.58. The second kappa shape index (κ2) is 9.75. The number of carbonyl (C=O) groups excluding carboxylic acids is 1. The van der Waals surface area contributed by atoms with Gasteiger partial charge in [0.15, 0.2) is 6.23 Å². The van der Waals surface area contributed by atoms with E-state index in [1.807, 2.05) is 0 Å². The molecule has 39 heavy (non-hydrogen) atoms. The number of aliphatic hydroxyl groups is 4. The highest BCUT2D eigenvalue weighted by atomic mass is 16.7. The Labute approximate surface area is 231 Å². The molecule has 0 aromatic rings. The Morgan fingerprint density at radius 1 is 0.974 bits per heavy atom. The number of cyclic esters (lactones) is 1. The summed E-state index contributed by atoms with van der Waals surface area (Å²) >= 11 is 0. The summed E-state index contributed by atoms with van der Waals surface area (Å²) in [6.45, 7) is 6.76. The lowest BCUT2D eigenvalue weighted by Crippen LogP contribution is -2.65. The van der Waals surface area contributed by atoms with Crippen molar-refractivity contribution in [3.63, 3.8) is 0 Å². The van der Waals surface area contributed by atoms with Crippen LogP contribution in [0.2, 0.25) is 0 Å². The summed E-state index contributed by atoms with van der Waals surface area (Å²) in [5.41, 5.74) is 0.201. The number of rotatable bonds is 4. The van der Waals surface area contributed by atoms with Crippen LogP contribution in [0.1, 0.15) is 78.6 Å². The summed E-state index contributed by atoms with van der Waals surface area (Å²) in [4.78, 5) is 17.6. The van der Waals surface area contributed by atoms with Crippen molar-refractivity contribution in [2.24, 2.45) is 34.5 Å². The second-order valence-corrected chi connectivity index (χ2v) is 14.0. The molecule has 4 unspecified atom stereocenters. The average molecular weight is 550 g/mol. The van der Waals surface area contributed by atoms with Crippen molar-refractivity contribution in [1.29, 1.82) is 0 Å². The lowest BCUT2D eigenvalue weighted by molar-refractivity contribution is -0.340. The molecule has 13 atom stereocenters. The molecule has 0 aromatic carbocycles. The first-order valence-corrected chi connectivity index (χ1v) is 15.1. The van der Waals surface area contributed by atoms with Crippen LogP contribution >= 0.6 is 0 Å². The number of esters is 1. The molecule has 4 N–H and O–H groups in total. The highest BCUT2D eigenvalue weighted by Crippen LogP contribution is 2.70. The van der Waals surface area contributed by atoms with Gasteiger partial charge < -0.3 is 29.9 Å². The third-order valence-corrected chi connectivity index (χ3v) is 12.6. The van der Waals surface area contributed by atoms with Crippen LogP contribution in [-0.4, -0.2) is 87.5 Å². The number of carbonyl (C=O) groups is 1. The SMILES string of the molecule is CON(C1O[C@@H](C)[C@@H](O)[C@@H](O)[C@@H]1O)[C@H]1CC[C@@]2(C)C(CCC3C2CC[C@]2(C)[C@@H](C4=CC(=O)OC4)CC[C@]32O)C1. The predicted molar refractivity (Wildman–Crippen MR) is 141 cm³/mol. The van der Waals surface area contributed by atoms with E-state index < -0.39 is 36.2 Å². The van der Waals surface area contributed by atoms with E-state index in [9.17, 15) is 25.2 Å². The average Bonchev–Trinajstić information content (AvgIpc) is 3.45. The molecule has 6 rings (SSSR count). The van der Waals surface area contributed by atoms with Crippen LogP contribution in [0.4, 0.5) is 0 Å². The van der Waals surface area contributed by atoms with Crippen LogP contribution in [0.5, 0.6) is 0 Å². The van der Waals surface area contributed by atoms with Gasteiger partial charge in [-0.15, -0.1) is 0 Å². The third-order valence-electron chi connectivity index (χ3n) is 12.6. The van der Waals surface area contributed by atoms with Gasteiger partial charge in [-0.2, -0.15) is 5.06 Å². The molecule has 0 spiro atoms. The molecule has 9 nitrogen and oxygen atoms in total. The minimum atomic E-state index is -1.29. The molecule has 0 amide bonds. The molecule has 6 aliphatic rings. The number of hydroxylamine groups is 2. The maximum atomic E-state index is 12.4. The largest absolute Gasteiger partial charge is 0.458 e. The topological polar surface area (TPSA) is 129 Å². The maximum Gasteiger partial charge on any atom is 0.331 e. The second-order valence-electron chi connectivity index (χ2n) is 14.0. The normalized spacial score (nSPS) is 53.6. The van der Waals surface area contributed by atoms with Crippen molar-refractivity contribution in [3.8, 4) is 0 Å². The van der Waals surface area contributed by atoms with Crippen molar-refractivity contribution >= 4 is 5.97 Å². The van der Waals surface area contributed by atoms with Gasteiger partial charge in [0.2, 0.25) is 0 Å². The quantitative estimate of drug-likeness (QED) is 0.308. The first kappa shape index (κ1) is 28.1. The van der Waals surface area contributed by atoms with Crippen LogP contribution in [0, 0.1) is 34.5 Å². The number of ether oxygens (including phenoxy) is 2. The van der Waals surface area contributed by atoms with E-state index in [-0.39, 0.29) is 34.7 Å². The zero-order valence-corrected chi connectivity index (χ0v) is 23.8. The zero-order valence-electron chi connectivity index (χ0n) is 23.8. The fourth-order valence-electron chi connectivity index (χ4n) is 10.3. The van der Waals surface area contributed by atoms with Crippen molar-refractivity contribution in [2.45, 2.75) is 121 Å². The molecule has 0 bridgehead atoms. The number of aliphatic hydroxyl groups excluding tert-OH is 3. The molecule has 0 aromatic heterocycles. The van der Waals surface area contributed by atoms with Gasteiger partial charge in [-0.25, -0.2) is 4.79 Å². The fraction of sp³-hybridized carbons (Fsp3) is 0.900. The highest BCUT2D eigenvalue weighted by molar-refractivity contribution is 5.85. The van der Waals surface area contributed by atoms with Gasteiger partial charge in [0, 0.05) is 17.5 Å². The lowest BCUT2D eigenvalue weighted by atomic mass is 9.43. The van der Waals surface area contributed by atoms with E-state index in [1.165, 1.54) is 0 Å². The summed E-state index contributed by atoms with van der Waals surface area (Å²) in [6.07, 6.45) is 5.02. The molecule has 4 saturated carbocycles. The van der Waals surface area contributed by atoms with Crippen LogP contribution in [0.25, 0.3) is 0 Å². The van der Waals surface area contributed by atoms with Gasteiger partial charge in [-0.1, -0.05) is 13.8 Å². The van der Waals surface area contributed by atoms with E-state index in [4.69, 9.17) is 14.3 Å². The maximum absolute atomic E-state index is 12.4. The minimum absolute atomic E-state index is 0.0264. The molecule has 1 saturated heterocycles. The van der Waals surface area contributed by atoms with Crippen LogP contribution in [-0.2, 0) is 19.1 Å². The third kappa shape index (κ3) is 4.02. The molecular formula is C30H47NO8. The molecule has 220 valence electrons. The Bertz CT molecular complexity index is 1010. The Hall–Kier alpha value is -1.07. The first-order valence-electron chi connectivity index (χ1n) is 15.1. The molecule has 0 radical (unpaired) electrons. The smallest absolute Gasteiger partial charge is 0.331 e. The Kier molecular flexibility index (Phi) is 7.02. The van der Waals surface area contributed by atoms with Crippen LogP contribution in [0.3, 0.4) is 0 Å². The molecule has 2 heterocycles. The van der Waals surface area contributed by atoms with E-state index in [1.54, 1.807) is 25.2 Å². The Morgan fingerprint density at radius 3 is 2.44 bits per heavy atom. The van der Waals surface area contributed by atoms with E-state index in [2.05, 4.69) is 13.8 Å². The molecule has 5 fully saturated rings. The summed E-state index contributed by atoms with van der Waals surface area (Å²) in [5.74, 6) is 1.09. The molecule has 4 aliphatic carbocycles. The number of fused-ring (bicyclic) bond motifs is 5. The van der Waals surface area contributed by atoms with Crippen molar-refractivity contribution in [1.82, 2.24) is 5.06 Å². The number of hydrogen-bond donors (Lipinski definition) is 4. The van der Waals surface area contributed by atoms with Gasteiger partial charge in [0.1, 0.15) is 24.9 Å². The zero-order chi connectivity index (χ0) is 27.9. The van der Waals surface area contributed by atoms with E-state index in [0.717, 1.165) is 63.4 Å². The molecule has 9 heteroatoms. The van der Waals surface area contributed by atoms with Crippen molar-refractivity contribution < 1.29 is 39.5 Å². The van der Waals surface area contributed by atoms with Gasteiger partial charge in [-0.3, -0.25) is 4.84 Å². The molecular weight excluding hydrogens is 502 g/mol. The van der Waals surface area contributed by atoms with Gasteiger partial charge >= 0.3 is 5.97 Å². The minimum Gasteiger partial charge on any atom is -0.458 e. The Balaban J connectivity index is 1.19. The fourth-order valence-corrected chi connectivity index (χ4v) is 10.3. The van der Waals surface area contributed by atoms with Crippen LogP contribution < -0.4 is 0 Å². The number of nitrogens with zero attached hydrogens (tertiary/aromatic N) is 1. The van der Waals surface area contributed by atoms with Crippen LogP contribution in [0.15, 0.2) is 11.6 Å². The van der Waals surface area contributed by atoms with Crippen molar-refractivity contribution in [3.05, 3.63) is 11.6 Å². The summed E-state index contributed by atoms with van der Waals surface area (Å²) in [5, 5.41) is 45.4. The first-order chi connectivity index (χ1) is 18.4. The van der Waals surface area contributed by atoms with Gasteiger partial charge in [0.05, 0.1) is 18.8 Å². The van der Waals surface area contributed by atoms with Gasteiger partial charge in [0.25, 0.3) is 0 Å². The Morgan fingerprint density at radius 2 is 1.74 bits per heavy atom. The van der Waals surface area contributed by atoms with E-state index >= 15 is 0 Å². The summed E-state index contributed by atoms with van der Waals surface area (Å²) < 4.78 is 11.2. The summed E-state index contributed by atoms with van der Waals surface area (Å²) in [6, 6.07) is 0.0264. The van der Waals surface area contributed by atoms with Crippen molar-refractivity contribution in [2.75, 3.05) is 13.7 Å². The van der Waals surface area contributed by atoms with E-state index in [0.29, 0.717) is 18.4 Å². The lowest BCUT2D eigenvalue weighted by Gasteiger charge is -2.64. The predicted octanol–water partition coefficient (Wildman–Crippen LogP) is 2.30.